The first-order valence-corrected chi connectivity index (χ1v) is 7.80. The maximum atomic E-state index is 11.9. The molecule has 0 aromatic heterocycles. The molecule has 0 spiro atoms. The van der Waals surface area contributed by atoms with E-state index >= 15 is 0 Å². The summed E-state index contributed by atoms with van der Waals surface area (Å²) in [6.07, 6.45) is 0.972. The van der Waals surface area contributed by atoms with Crippen molar-refractivity contribution in [1.82, 2.24) is 5.32 Å². The predicted octanol–water partition coefficient (Wildman–Crippen LogP) is 3.83. The van der Waals surface area contributed by atoms with Gasteiger partial charge in [0.05, 0.1) is 23.3 Å². The highest BCUT2D eigenvalue weighted by Gasteiger charge is 2.13. The van der Waals surface area contributed by atoms with Crippen LogP contribution in [0.1, 0.15) is 27.2 Å². The predicted molar refractivity (Wildman–Crippen MR) is 86.7 cm³/mol. The molecule has 0 saturated heterocycles. The minimum atomic E-state index is -0.125. The van der Waals surface area contributed by atoms with Crippen LogP contribution < -0.4 is 15.4 Å². The Bertz CT molecular complexity index is 469. The van der Waals surface area contributed by atoms with Gasteiger partial charge in [-0.2, -0.15) is 0 Å². The van der Waals surface area contributed by atoms with Gasteiger partial charge in [-0.3, -0.25) is 4.79 Å². The molecule has 4 nitrogen and oxygen atoms in total. The number of carbonyl (C=O) groups excluding carboxylic acids is 1. The molecule has 2 N–H and O–H groups in total. The van der Waals surface area contributed by atoms with Crippen molar-refractivity contribution in [2.24, 2.45) is 0 Å². The molecule has 0 fully saturated rings. The first kappa shape index (κ1) is 17.3. The summed E-state index contributed by atoms with van der Waals surface area (Å²) >= 11 is 9.39. The van der Waals surface area contributed by atoms with Gasteiger partial charge in [0, 0.05) is 11.1 Å². The maximum absolute atomic E-state index is 11.9. The lowest BCUT2D eigenvalue weighted by atomic mass is 10.2. The lowest BCUT2D eigenvalue weighted by molar-refractivity contribution is -0.115. The van der Waals surface area contributed by atoms with E-state index in [4.69, 9.17) is 16.3 Å². The molecule has 0 radical (unpaired) electrons. The Morgan fingerprint density at radius 2 is 2.15 bits per heavy atom. The zero-order valence-corrected chi connectivity index (χ0v) is 14.3. The fourth-order valence-corrected chi connectivity index (χ4v) is 2.47. The van der Waals surface area contributed by atoms with E-state index in [2.05, 4.69) is 33.5 Å². The van der Waals surface area contributed by atoms with Gasteiger partial charge in [-0.1, -0.05) is 18.5 Å². The Kier molecular flexibility index (Phi) is 7.34. The second-order valence-corrected chi connectivity index (χ2v) is 5.73. The number of hydrogen-bond acceptors (Lipinski definition) is 3. The van der Waals surface area contributed by atoms with Crippen molar-refractivity contribution >= 4 is 39.1 Å². The molecule has 1 aromatic carbocycles. The normalized spacial score (nSPS) is 12.1. The molecule has 1 rings (SSSR count). The third kappa shape index (κ3) is 5.31. The molecular weight excluding hydrogens is 344 g/mol. The third-order valence-corrected chi connectivity index (χ3v) is 3.60. The van der Waals surface area contributed by atoms with Crippen LogP contribution in [-0.4, -0.2) is 25.1 Å². The van der Waals surface area contributed by atoms with Crippen LogP contribution in [0.4, 0.5) is 5.69 Å². The van der Waals surface area contributed by atoms with Crippen molar-refractivity contribution in [3.05, 3.63) is 21.6 Å². The summed E-state index contributed by atoms with van der Waals surface area (Å²) in [5.74, 6) is 0.467. The number of nitrogens with one attached hydrogen (secondary N) is 2. The zero-order chi connectivity index (χ0) is 15.1. The van der Waals surface area contributed by atoms with Crippen LogP contribution in [-0.2, 0) is 4.79 Å². The Labute approximate surface area is 133 Å². The van der Waals surface area contributed by atoms with Gasteiger partial charge in [-0.25, -0.2) is 0 Å². The number of hydrogen-bond donors (Lipinski definition) is 2. The molecule has 0 aliphatic heterocycles. The van der Waals surface area contributed by atoms with Crippen LogP contribution in [0.25, 0.3) is 0 Å². The number of amides is 1. The van der Waals surface area contributed by atoms with E-state index in [0.29, 0.717) is 29.1 Å². The molecular formula is C14H20BrClN2O2. The van der Waals surface area contributed by atoms with Gasteiger partial charge >= 0.3 is 0 Å². The van der Waals surface area contributed by atoms with Crippen LogP contribution in [0.3, 0.4) is 0 Å². The van der Waals surface area contributed by atoms with Gasteiger partial charge in [0.2, 0.25) is 5.91 Å². The lowest BCUT2D eigenvalue weighted by Crippen LogP contribution is -2.34. The molecule has 20 heavy (non-hydrogen) atoms. The topological polar surface area (TPSA) is 50.4 Å². The van der Waals surface area contributed by atoms with Gasteiger partial charge < -0.3 is 15.4 Å². The van der Waals surface area contributed by atoms with Gasteiger partial charge in [-0.05, 0) is 48.3 Å². The standard InChI is InChI=1S/C14H20BrClN2O2/c1-4-9(3)17-8-13(19)18-12-7-10(16)6-11(15)14(12)20-5-2/h6-7,9,17H,4-5,8H2,1-3H3,(H,18,19). The average molecular weight is 364 g/mol. The van der Waals surface area contributed by atoms with Gasteiger partial charge in [-0.15, -0.1) is 0 Å². The molecule has 0 aliphatic rings. The Morgan fingerprint density at radius 1 is 1.45 bits per heavy atom. The largest absolute Gasteiger partial charge is 0.491 e. The van der Waals surface area contributed by atoms with Crippen molar-refractivity contribution in [2.75, 3.05) is 18.5 Å². The van der Waals surface area contributed by atoms with Crippen molar-refractivity contribution in [1.29, 1.82) is 0 Å². The summed E-state index contributed by atoms with van der Waals surface area (Å²) in [4.78, 5) is 11.9. The average Bonchev–Trinajstić information content (AvgIpc) is 2.39. The summed E-state index contributed by atoms with van der Waals surface area (Å²) in [7, 11) is 0. The van der Waals surface area contributed by atoms with Crippen molar-refractivity contribution in [3.8, 4) is 5.75 Å². The van der Waals surface area contributed by atoms with Crippen molar-refractivity contribution in [3.63, 3.8) is 0 Å². The van der Waals surface area contributed by atoms with E-state index in [1.54, 1.807) is 12.1 Å². The molecule has 1 atom stereocenters. The van der Waals surface area contributed by atoms with Crippen LogP contribution in [0.15, 0.2) is 16.6 Å². The number of halogens is 2. The summed E-state index contributed by atoms with van der Waals surface area (Å²) in [5, 5.41) is 6.48. The molecule has 0 aliphatic carbocycles. The first-order chi connectivity index (χ1) is 9.47. The third-order valence-electron chi connectivity index (χ3n) is 2.79. The van der Waals surface area contributed by atoms with Crippen LogP contribution in [0.5, 0.6) is 5.75 Å². The highest BCUT2D eigenvalue weighted by Crippen LogP contribution is 2.36. The second-order valence-electron chi connectivity index (χ2n) is 4.44. The second kappa shape index (κ2) is 8.49. The Hall–Kier alpha value is -0.780. The van der Waals surface area contributed by atoms with Crippen LogP contribution in [0, 0.1) is 0 Å². The van der Waals surface area contributed by atoms with E-state index in [1.807, 2.05) is 13.8 Å². The summed E-state index contributed by atoms with van der Waals surface area (Å²) in [5.41, 5.74) is 0.571. The van der Waals surface area contributed by atoms with Gasteiger partial charge in [0.15, 0.2) is 5.75 Å². The Morgan fingerprint density at radius 3 is 2.75 bits per heavy atom. The molecule has 1 aromatic rings. The number of carbonyl (C=O) groups is 1. The number of rotatable bonds is 7. The van der Waals surface area contributed by atoms with Gasteiger partial charge in [0.25, 0.3) is 0 Å². The van der Waals surface area contributed by atoms with E-state index in [1.165, 1.54) is 0 Å². The molecule has 0 bridgehead atoms. The van der Waals surface area contributed by atoms with E-state index in [0.717, 1.165) is 10.9 Å². The SMILES string of the molecule is CCOc1c(Br)cc(Cl)cc1NC(=O)CNC(C)CC. The van der Waals surface area contributed by atoms with Crippen molar-refractivity contribution in [2.45, 2.75) is 33.2 Å². The minimum absolute atomic E-state index is 0.125. The van der Waals surface area contributed by atoms with Crippen LogP contribution in [0.2, 0.25) is 5.02 Å². The quantitative estimate of drug-likeness (QED) is 0.774. The molecule has 0 heterocycles. The molecule has 1 unspecified atom stereocenters. The first-order valence-electron chi connectivity index (χ1n) is 6.63. The van der Waals surface area contributed by atoms with Gasteiger partial charge in [0.1, 0.15) is 0 Å². The summed E-state index contributed by atoms with van der Waals surface area (Å²) < 4.78 is 6.25. The van der Waals surface area contributed by atoms with Crippen molar-refractivity contribution < 1.29 is 9.53 Å². The number of anilines is 1. The number of benzene rings is 1. The maximum Gasteiger partial charge on any atom is 0.238 e. The van der Waals surface area contributed by atoms with Crippen LogP contribution >= 0.6 is 27.5 Å². The summed E-state index contributed by atoms with van der Waals surface area (Å²) in [6.45, 7) is 6.75. The highest BCUT2D eigenvalue weighted by atomic mass is 79.9. The highest BCUT2D eigenvalue weighted by molar-refractivity contribution is 9.10. The molecule has 6 heteroatoms. The zero-order valence-electron chi connectivity index (χ0n) is 11.9. The molecule has 0 saturated carbocycles. The minimum Gasteiger partial charge on any atom is -0.491 e. The van der Waals surface area contributed by atoms with E-state index in [9.17, 15) is 4.79 Å². The smallest absolute Gasteiger partial charge is 0.238 e. The monoisotopic (exact) mass is 362 g/mol. The fraction of sp³-hybridized carbons (Fsp3) is 0.500. The number of ether oxygens (including phenoxy) is 1. The van der Waals surface area contributed by atoms with E-state index in [-0.39, 0.29) is 12.5 Å². The molecule has 112 valence electrons. The lowest BCUT2D eigenvalue weighted by Gasteiger charge is -2.15. The Balaban J connectivity index is 2.77. The molecule has 1 amide bonds. The summed E-state index contributed by atoms with van der Waals surface area (Å²) in [6, 6.07) is 3.72. The fourth-order valence-electron chi connectivity index (χ4n) is 1.55. The van der Waals surface area contributed by atoms with E-state index < -0.39 is 0 Å².